The number of hydrogen-bond donors (Lipinski definition) is 0. The Morgan fingerprint density at radius 1 is 1.39 bits per heavy atom. The fourth-order valence-corrected chi connectivity index (χ4v) is 4.17. The second-order valence-corrected chi connectivity index (χ2v) is 7.67. The highest BCUT2D eigenvalue weighted by Gasteiger charge is 2.15. The van der Waals surface area contributed by atoms with Crippen LogP contribution < -0.4 is 4.74 Å². The largest absolute Gasteiger partial charge is 0.496 e. The van der Waals surface area contributed by atoms with Crippen LogP contribution in [0.2, 0.25) is 5.02 Å². The first-order chi connectivity index (χ1) is 8.61. The average molecular weight is 411 g/mol. The molecule has 0 N–H and O–H groups in total. The predicted octanol–water partition coefficient (Wildman–Crippen LogP) is 5.85. The lowest BCUT2D eigenvalue weighted by molar-refractivity contribution is 0.409. The van der Waals surface area contributed by atoms with Gasteiger partial charge in [0.25, 0.3) is 0 Å². The molecule has 0 spiro atoms. The van der Waals surface area contributed by atoms with Gasteiger partial charge in [-0.15, -0.1) is 11.3 Å². The van der Waals surface area contributed by atoms with Crippen LogP contribution in [0, 0.1) is 0 Å². The molecular weight excluding hydrogens is 399 g/mol. The van der Waals surface area contributed by atoms with Crippen LogP contribution in [0.25, 0.3) is 0 Å². The van der Waals surface area contributed by atoms with Gasteiger partial charge in [0.2, 0.25) is 0 Å². The Labute approximate surface area is 132 Å². The van der Waals surface area contributed by atoms with E-state index in [9.17, 15) is 0 Å². The molecule has 1 unspecified atom stereocenters. The first-order valence-corrected chi connectivity index (χ1v) is 8.23. The maximum absolute atomic E-state index is 6.05. The summed E-state index contributed by atoms with van der Waals surface area (Å²) in [6.45, 7) is 0. The smallest absolute Gasteiger partial charge is 0.122 e. The molecule has 1 aromatic carbocycles. The van der Waals surface area contributed by atoms with Crippen molar-refractivity contribution in [2.45, 2.75) is 11.2 Å². The fourth-order valence-electron chi connectivity index (χ4n) is 1.68. The molecule has 0 saturated carbocycles. The van der Waals surface area contributed by atoms with Crippen LogP contribution in [0.4, 0.5) is 0 Å². The van der Waals surface area contributed by atoms with Crippen LogP contribution in [-0.2, 0) is 6.42 Å². The second kappa shape index (κ2) is 6.42. The quantitative estimate of drug-likeness (QED) is 0.575. The fraction of sp³-hybridized carbons (Fsp3) is 0.231. The summed E-state index contributed by atoms with van der Waals surface area (Å²) >= 11 is 14.9. The minimum absolute atomic E-state index is 0.239. The normalized spacial score (nSPS) is 12.4. The van der Waals surface area contributed by atoms with Crippen molar-refractivity contribution in [3.8, 4) is 5.75 Å². The molecule has 0 aliphatic carbocycles. The van der Waals surface area contributed by atoms with Gasteiger partial charge < -0.3 is 4.74 Å². The lowest BCUT2D eigenvalue weighted by Gasteiger charge is -2.11. The maximum Gasteiger partial charge on any atom is 0.122 e. The van der Waals surface area contributed by atoms with E-state index in [4.69, 9.17) is 16.3 Å². The van der Waals surface area contributed by atoms with Gasteiger partial charge in [-0.2, -0.15) is 0 Å². The number of ether oxygens (including phenoxy) is 1. The Balaban J connectivity index is 2.18. The molecule has 0 amide bonds. The van der Waals surface area contributed by atoms with Gasteiger partial charge in [-0.3, -0.25) is 0 Å². The van der Waals surface area contributed by atoms with E-state index >= 15 is 0 Å². The lowest BCUT2D eigenvalue weighted by atomic mass is 10.1. The Hall–Kier alpha value is -0.0300. The molecule has 0 fully saturated rings. The molecule has 1 atom stereocenters. The molecule has 0 radical (unpaired) electrons. The van der Waals surface area contributed by atoms with Crippen LogP contribution in [0.1, 0.15) is 15.3 Å². The minimum atomic E-state index is 0.239. The van der Waals surface area contributed by atoms with Crippen molar-refractivity contribution < 1.29 is 4.74 Å². The monoisotopic (exact) mass is 408 g/mol. The SMILES string of the molecule is COc1ccccc1CC(Br)c1cc(Cl)c(Br)s1. The zero-order valence-electron chi connectivity index (χ0n) is 9.62. The van der Waals surface area contributed by atoms with Gasteiger partial charge >= 0.3 is 0 Å². The van der Waals surface area contributed by atoms with Crippen molar-refractivity contribution in [3.63, 3.8) is 0 Å². The third kappa shape index (κ3) is 3.29. The highest BCUT2D eigenvalue weighted by molar-refractivity contribution is 9.11. The summed E-state index contributed by atoms with van der Waals surface area (Å²) in [5.41, 5.74) is 1.18. The first-order valence-electron chi connectivity index (χ1n) is 5.32. The van der Waals surface area contributed by atoms with Gasteiger partial charge in [0.15, 0.2) is 0 Å². The molecule has 1 heterocycles. The Morgan fingerprint density at radius 3 is 2.72 bits per heavy atom. The number of benzene rings is 1. The average Bonchev–Trinajstić information content (AvgIpc) is 2.70. The summed E-state index contributed by atoms with van der Waals surface area (Å²) in [5, 5.41) is 0.763. The molecule has 5 heteroatoms. The van der Waals surface area contributed by atoms with Crippen LogP contribution in [0.15, 0.2) is 34.1 Å². The standard InChI is InChI=1S/C13H11Br2ClOS/c1-17-11-5-3-2-4-8(11)6-9(14)12-7-10(16)13(15)18-12/h2-5,7,9H,6H2,1H3. The van der Waals surface area contributed by atoms with Gasteiger partial charge in [0, 0.05) is 4.88 Å². The van der Waals surface area contributed by atoms with Crippen molar-refractivity contribution in [1.82, 2.24) is 0 Å². The Morgan fingerprint density at radius 2 is 2.11 bits per heavy atom. The second-order valence-electron chi connectivity index (χ2n) is 3.75. The van der Waals surface area contributed by atoms with Crippen LogP contribution in [-0.4, -0.2) is 7.11 Å². The molecule has 2 rings (SSSR count). The maximum atomic E-state index is 6.05. The van der Waals surface area contributed by atoms with E-state index in [0.717, 1.165) is 21.0 Å². The lowest BCUT2D eigenvalue weighted by Crippen LogP contribution is -1.96. The Kier molecular flexibility index (Phi) is 5.13. The number of halogens is 3. The summed E-state index contributed by atoms with van der Waals surface area (Å²) in [7, 11) is 1.70. The molecule has 0 aliphatic rings. The highest BCUT2D eigenvalue weighted by atomic mass is 79.9. The number of alkyl halides is 1. The summed E-state index contributed by atoms with van der Waals surface area (Å²) in [5.74, 6) is 0.920. The third-order valence-electron chi connectivity index (χ3n) is 2.56. The minimum Gasteiger partial charge on any atom is -0.496 e. The molecule has 96 valence electrons. The van der Waals surface area contributed by atoms with E-state index in [2.05, 4.69) is 37.9 Å². The number of thiophene rings is 1. The zero-order chi connectivity index (χ0) is 13.1. The molecule has 0 saturated heterocycles. The van der Waals surface area contributed by atoms with E-state index in [-0.39, 0.29) is 4.83 Å². The summed E-state index contributed by atoms with van der Waals surface area (Å²) in [6, 6.07) is 10.0. The van der Waals surface area contributed by atoms with Gasteiger partial charge in [-0.05, 0) is 40.0 Å². The van der Waals surface area contributed by atoms with Crippen molar-refractivity contribution >= 4 is 54.8 Å². The molecule has 1 aromatic heterocycles. The van der Waals surface area contributed by atoms with Crippen LogP contribution >= 0.6 is 54.8 Å². The highest BCUT2D eigenvalue weighted by Crippen LogP contribution is 2.40. The summed E-state index contributed by atoms with van der Waals surface area (Å²) in [4.78, 5) is 1.44. The number of methoxy groups -OCH3 is 1. The zero-order valence-corrected chi connectivity index (χ0v) is 14.4. The van der Waals surface area contributed by atoms with E-state index < -0.39 is 0 Å². The third-order valence-corrected chi connectivity index (χ3v) is 6.27. The predicted molar refractivity (Wildman–Crippen MR) is 85.4 cm³/mol. The van der Waals surface area contributed by atoms with E-state index in [1.807, 2.05) is 24.3 Å². The van der Waals surface area contributed by atoms with Gasteiger partial charge in [-0.1, -0.05) is 45.7 Å². The molecule has 1 nitrogen and oxygen atoms in total. The first kappa shape index (κ1) is 14.4. The number of para-hydroxylation sites is 1. The van der Waals surface area contributed by atoms with Crippen molar-refractivity contribution in [3.05, 3.63) is 49.6 Å². The van der Waals surface area contributed by atoms with Crippen LogP contribution in [0.3, 0.4) is 0 Å². The van der Waals surface area contributed by atoms with Crippen molar-refractivity contribution in [1.29, 1.82) is 0 Å². The van der Waals surface area contributed by atoms with E-state index in [1.165, 1.54) is 10.4 Å². The van der Waals surface area contributed by atoms with E-state index in [1.54, 1.807) is 18.4 Å². The van der Waals surface area contributed by atoms with Crippen molar-refractivity contribution in [2.24, 2.45) is 0 Å². The summed E-state index contributed by atoms with van der Waals surface area (Å²) in [6.07, 6.45) is 0.868. The molecule has 0 aliphatic heterocycles. The van der Waals surface area contributed by atoms with Crippen LogP contribution in [0.5, 0.6) is 5.75 Å². The van der Waals surface area contributed by atoms with E-state index in [0.29, 0.717) is 0 Å². The van der Waals surface area contributed by atoms with Gasteiger partial charge in [-0.25, -0.2) is 0 Å². The topological polar surface area (TPSA) is 9.23 Å². The van der Waals surface area contributed by atoms with Crippen molar-refractivity contribution in [2.75, 3.05) is 7.11 Å². The van der Waals surface area contributed by atoms with Gasteiger partial charge in [0.05, 0.1) is 20.7 Å². The summed E-state index contributed by atoms with van der Waals surface area (Å²) < 4.78 is 6.33. The molecular formula is C13H11Br2ClOS. The molecule has 0 bridgehead atoms. The molecule has 18 heavy (non-hydrogen) atoms. The Bertz CT molecular complexity index is 522. The number of hydrogen-bond acceptors (Lipinski definition) is 2. The van der Waals surface area contributed by atoms with Gasteiger partial charge in [0.1, 0.15) is 5.75 Å². The molecule has 2 aromatic rings. The number of rotatable bonds is 4.